The van der Waals surface area contributed by atoms with Gasteiger partial charge in [-0.05, 0) is 49.2 Å². The normalized spacial score (nSPS) is 14.0. The summed E-state index contributed by atoms with van der Waals surface area (Å²) in [5, 5.41) is 12.2. The first-order chi connectivity index (χ1) is 14.3. The molecule has 0 aliphatic carbocycles. The molecule has 0 saturated carbocycles. The van der Waals surface area contributed by atoms with Crippen molar-refractivity contribution < 1.29 is 18.7 Å². The molecule has 10 heteroatoms. The van der Waals surface area contributed by atoms with Crippen LogP contribution >= 0.6 is 23.4 Å². The van der Waals surface area contributed by atoms with Crippen molar-refractivity contribution in [1.82, 2.24) is 4.98 Å². The standard InChI is InChI=1S/C20H21ClF2N4O2S/c1-20(7-2-8-28,30-19(24)26-12-22)10-13-9-15(4-5-16(13)23)27-18(29)17-6-3-14(21)11-25-17/h2-7,9,11,28H,8,10,12H2,1H3,(H2,24,26)(H,27,29)/b7-2+/t20-/m0/s1. The van der Waals surface area contributed by atoms with Crippen molar-refractivity contribution in [3.8, 4) is 0 Å². The molecule has 0 aliphatic rings. The average Bonchev–Trinajstić information content (AvgIpc) is 2.69. The number of alkyl halides is 1. The maximum atomic E-state index is 14.5. The van der Waals surface area contributed by atoms with Crippen molar-refractivity contribution >= 4 is 40.1 Å². The van der Waals surface area contributed by atoms with E-state index in [1.165, 1.54) is 36.5 Å². The molecule has 0 fully saturated rings. The first kappa shape index (κ1) is 23.8. The number of carbonyl (C=O) groups excluding carboxylic acids is 1. The molecule has 0 radical (unpaired) electrons. The molecule has 0 aliphatic heterocycles. The number of aliphatic hydroxyl groups excluding tert-OH is 1. The molecule has 2 aromatic rings. The number of nitrogens with zero attached hydrogens (tertiary/aromatic N) is 2. The van der Waals surface area contributed by atoms with Gasteiger partial charge >= 0.3 is 0 Å². The molecule has 1 atom stereocenters. The lowest BCUT2D eigenvalue weighted by atomic mass is 9.98. The lowest BCUT2D eigenvalue weighted by Crippen LogP contribution is -2.26. The Morgan fingerprint density at radius 2 is 2.20 bits per heavy atom. The summed E-state index contributed by atoms with van der Waals surface area (Å²) >= 11 is 6.82. The minimum absolute atomic E-state index is 0.00117. The molecule has 2 rings (SSSR count). The van der Waals surface area contributed by atoms with Crippen molar-refractivity contribution in [3.05, 3.63) is 70.8 Å². The van der Waals surface area contributed by atoms with E-state index in [1.807, 2.05) is 0 Å². The van der Waals surface area contributed by atoms with Gasteiger partial charge in [-0.3, -0.25) is 4.79 Å². The minimum atomic E-state index is -0.965. The van der Waals surface area contributed by atoms with Crippen LogP contribution in [0, 0.1) is 5.82 Å². The van der Waals surface area contributed by atoms with Gasteiger partial charge in [0.05, 0.1) is 11.6 Å². The topological polar surface area (TPSA) is 101 Å². The minimum Gasteiger partial charge on any atom is -0.392 e. The molecule has 160 valence electrons. The highest BCUT2D eigenvalue weighted by Gasteiger charge is 2.26. The number of benzene rings is 1. The summed E-state index contributed by atoms with van der Waals surface area (Å²) in [6, 6.07) is 7.18. The molecule has 1 amide bonds. The first-order valence-electron chi connectivity index (χ1n) is 8.81. The zero-order valence-electron chi connectivity index (χ0n) is 16.1. The smallest absolute Gasteiger partial charge is 0.274 e. The van der Waals surface area contributed by atoms with Crippen molar-refractivity contribution in [1.29, 1.82) is 0 Å². The predicted molar refractivity (Wildman–Crippen MR) is 117 cm³/mol. The highest BCUT2D eigenvalue weighted by atomic mass is 35.5. The Labute approximate surface area is 182 Å². The third kappa shape index (κ3) is 7.08. The van der Waals surface area contributed by atoms with Gasteiger partial charge in [0.15, 0.2) is 12.0 Å². The molecule has 4 N–H and O–H groups in total. The van der Waals surface area contributed by atoms with E-state index in [4.69, 9.17) is 22.4 Å². The van der Waals surface area contributed by atoms with Gasteiger partial charge in [0.25, 0.3) is 5.91 Å². The molecule has 0 bridgehead atoms. The summed E-state index contributed by atoms with van der Waals surface area (Å²) in [4.78, 5) is 19.8. The van der Waals surface area contributed by atoms with Gasteiger partial charge in [-0.15, -0.1) is 0 Å². The van der Waals surface area contributed by atoms with Gasteiger partial charge < -0.3 is 16.2 Å². The van der Waals surface area contributed by atoms with Crippen LogP contribution in [-0.2, 0) is 6.42 Å². The van der Waals surface area contributed by atoms with E-state index in [-0.39, 0.29) is 23.9 Å². The number of aliphatic imine (C=N–C) groups is 1. The fourth-order valence-corrected chi connectivity index (χ4v) is 3.73. The molecule has 0 spiro atoms. The number of thioether (sulfide) groups is 1. The third-order valence-electron chi connectivity index (χ3n) is 3.93. The van der Waals surface area contributed by atoms with Crippen LogP contribution in [0.15, 0.2) is 53.7 Å². The number of aliphatic hydroxyl groups is 1. The van der Waals surface area contributed by atoms with Crippen molar-refractivity contribution in [3.63, 3.8) is 0 Å². The Hall–Kier alpha value is -2.49. The SMILES string of the molecule is C[C@](/C=C/CO)(Cc1cc(NC(=O)c2ccc(Cl)cn2)ccc1F)SC(N)=NCF. The van der Waals surface area contributed by atoms with Gasteiger partial charge in [-0.1, -0.05) is 35.5 Å². The van der Waals surface area contributed by atoms with Crippen LogP contribution in [0.25, 0.3) is 0 Å². The van der Waals surface area contributed by atoms with Gasteiger partial charge in [0.1, 0.15) is 11.5 Å². The van der Waals surface area contributed by atoms with Crippen molar-refractivity contribution in [2.75, 3.05) is 18.7 Å². The van der Waals surface area contributed by atoms with E-state index in [1.54, 1.807) is 19.1 Å². The number of nitrogens with one attached hydrogen (secondary N) is 1. The molecule has 0 saturated heterocycles. The van der Waals surface area contributed by atoms with Crippen molar-refractivity contribution in [2.24, 2.45) is 10.7 Å². The van der Waals surface area contributed by atoms with Crippen LogP contribution < -0.4 is 11.1 Å². The maximum absolute atomic E-state index is 14.5. The summed E-state index contributed by atoms with van der Waals surface area (Å²) in [7, 11) is 0. The number of carbonyl (C=O) groups is 1. The van der Waals surface area contributed by atoms with E-state index in [2.05, 4.69) is 15.3 Å². The zero-order chi connectivity index (χ0) is 22.1. The highest BCUT2D eigenvalue weighted by Crippen LogP contribution is 2.32. The van der Waals surface area contributed by atoms with Crippen LogP contribution in [0.3, 0.4) is 0 Å². The molecule has 1 aromatic carbocycles. The van der Waals surface area contributed by atoms with Crippen LogP contribution in [0.1, 0.15) is 23.0 Å². The molecule has 30 heavy (non-hydrogen) atoms. The van der Waals surface area contributed by atoms with Gasteiger partial charge in [0.2, 0.25) is 0 Å². The number of amidine groups is 1. The third-order valence-corrected chi connectivity index (χ3v) is 5.24. The number of halogens is 3. The van der Waals surface area contributed by atoms with E-state index < -0.39 is 23.3 Å². The van der Waals surface area contributed by atoms with Crippen LogP contribution in [0.2, 0.25) is 5.02 Å². The Bertz CT molecular complexity index is 941. The highest BCUT2D eigenvalue weighted by molar-refractivity contribution is 8.15. The van der Waals surface area contributed by atoms with E-state index >= 15 is 0 Å². The first-order valence-corrected chi connectivity index (χ1v) is 10.0. The fraction of sp³-hybridized carbons (Fsp3) is 0.250. The number of anilines is 1. The molecule has 6 nitrogen and oxygen atoms in total. The Morgan fingerprint density at radius 1 is 1.43 bits per heavy atom. The number of hydrogen-bond acceptors (Lipinski definition) is 5. The Morgan fingerprint density at radius 3 is 2.83 bits per heavy atom. The van der Waals surface area contributed by atoms with E-state index in [0.29, 0.717) is 16.3 Å². The maximum Gasteiger partial charge on any atom is 0.274 e. The zero-order valence-corrected chi connectivity index (χ0v) is 17.7. The number of pyridine rings is 1. The van der Waals surface area contributed by atoms with Crippen LogP contribution in [0.5, 0.6) is 0 Å². The average molecular weight is 455 g/mol. The number of nitrogens with two attached hydrogens (primary N) is 1. The van der Waals surface area contributed by atoms with Gasteiger partial charge in [0, 0.05) is 16.6 Å². The number of aromatic nitrogens is 1. The lowest BCUT2D eigenvalue weighted by molar-refractivity contribution is 0.102. The number of hydrogen-bond donors (Lipinski definition) is 3. The summed E-state index contributed by atoms with van der Waals surface area (Å²) in [5.41, 5.74) is 6.54. The second-order valence-corrected chi connectivity index (χ2v) is 8.41. The van der Waals surface area contributed by atoms with Crippen LogP contribution in [-0.4, -0.2) is 39.3 Å². The van der Waals surface area contributed by atoms with Crippen molar-refractivity contribution in [2.45, 2.75) is 18.1 Å². The Kier molecular flexibility index (Phi) is 8.76. The molecule has 1 heterocycles. The second kappa shape index (κ2) is 11.1. The molecule has 1 aromatic heterocycles. The van der Waals surface area contributed by atoms with Crippen LogP contribution in [0.4, 0.5) is 14.5 Å². The summed E-state index contributed by atoms with van der Waals surface area (Å²) in [6.07, 6.45) is 4.64. The quantitative estimate of drug-likeness (QED) is 0.243. The summed E-state index contributed by atoms with van der Waals surface area (Å²) < 4.78 is 26.1. The van der Waals surface area contributed by atoms with Gasteiger partial charge in [-0.2, -0.15) is 0 Å². The second-order valence-electron chi connectivity index (χ2n) is 6.41. The number of rotatable bonds is 8. The predicted octanol–water partition coefficient (Wildman–Crippen LogP) is 3.95. The fourth-order valence-electron chi connectivity index (χ4n) is 2.63. The molecular weight excluding hydrogens is 434 g/mol. The summed E-state index contributed by atoms with van der Waals surface area (Å²) in [5.74, 6) is -0.955. The monoisotopic (exact) mass is 454 g/mol. The Balaban J connectivity index is 2.25. The lowest BCUT2D eigenvalue weighted by Gasteiger charge is -2.25. The largest absolute Gasteiger partial charge is 0.392 e. The summed E-state index contributed by atoms with van der Waals surface area (Å²) in [6.45, 7) is 0.572. The molecule has 0 unspecified atom stereocenters. The van der Waals surface area contributed by atoms with E-state index in [9.17, 15) is 13.6 Å². The van der Waals surface area contributed by atoms with E-state index in [0.717, 1.165) is 11.8 Å². The van der Waals surface area contributed by atoms with Gasteiger partial charge in [-0.25, -0.2) is 18.8 Å². The number of amides is 1. The molecular formula is C20H21ClF2N4O2S.